The van der Waals surface area contributed by atoms with Gasteiger partial charge in [-0.25, -0.2) is 0 Å². The Hall–Kier alpha value is -1.94. The molecular formula is C16H20N2O3P+. The Kier molecular flexibility index (Phi) is 7.39. The summed E-state index contributed by atoms with van der Waals surface area (Å²) in [6, 6.07) is 19.6. The van der Waals surface area contributed by atoms with Crippen LogP contribution in [-0.2, 0) is 13.6 Å². The zero-order valence-electron chi connectivity index (χ0n) is 12.3. The molecule has 0 saturated heterocycles. The highest BCUT2D eigenvalue weighted by Gasteiger charge is 2.19. The lowest BCUT2D eigenvalue weighted by Gasteiger charge is -2.03. The quantitative estimate of drug-likeness (QED) is 0.514. The fraction of sp³-hybridized carbons (Fsp3) is 0.250. The highest BCUT2D eigenvalue weighted by Crippen LogP contribution is 2.22. The summed E-state index contributed by atoms with van der Waals surface area (Å²) in [5.41, 5.74) is 2.02. The number of nitrogens with one attached hydrogen (secondary N) is 2. The highest BCUT2D eigenvalue weighted by molar-refractivity contribution is 7.33. The lowest BCUT2D eigenvalue weighted by atomic mass is 10.3. The molecule has 0 aromatic heterocycles. The van der Waals surface area contributed by atoms with E-state index in [1.165, 1.54) is 0 Å². The van der Waals surface area contributed by atoms with Gasteiger partial charge in [0.25, 0.3) is 0 Å². The second kappa shape index (κ2) is 9.90. The fourth-order valence-electron chi connectivity index (χ4n) is 1.78. The first-order valence-corrected chi connectivity index (χ1v) is 8.25. The summed E-state index contributed by atoms with van der Waals surface area (Å²) in [6.45, 7) is 1.82. The van der Waals surface area contributed by atoms with E-state index in [0.717, 1.165) is 11.4 Å². The van der Waals surface area contributed by atoms with Crippen LogP contribution < -0.4 is 10.6 Å². The van der Waals surface area contributed by atoms with Gasteiger partial charge in [0.2, 0.25) is 0 Å². The van der Waals surface area contributed by atoms with Crippen LogP contribution >= 0.6 is 8.25 Å². The van der Waals surface area contributed by atoms with Crippen LogP contribution in [0.25, 0.3) is 0 Å². The molecule has 0 bridgehead atoms. The molecule has 0 spiro atoms. The van der Waals surface area contributed by atoms with Crippen LogP contribution in [0.4, 0.5) is 11.4 Å². The van der Waals surface area contributed by atoms with E-state index in [1.54, 1.807) is 0 Å². The third-order valence-electron chi connectivity index (χ3n) is 2.80. The predicted octanol–water partition coefficient (Wildman–Crippen LogP) is 3.90. The molecule has 5 nitrogen and oxygen atoms in total. The normalized spacial score (nSPS) is 10.2. The Balaban J connectivity index is 1.49. The maximum Gasteiger partial charge on any atom is 0.697 e. The minimum Gasteiger partial charge on any atom is -0.383 e. The van der Waals surface area contributed by atoms with Crippen molar-refractivity contribution in [3.05, 3.63) is 60.7 Å². The molecule has 0 aliphatic carbocycles. The van der Waals surface area contributed by atoms with Crippen molar-refractivity contribution < 1.29 is 13.6 Å². The Morgan fingerprint density at radius 2 is 1.14 bits per heavy atom. The van der Waals surface area contributed by atoms with Crippen LogP contribution in [0.1, 0.15) is 0 Å². The van der Waals surface area contributed by atoms with Gasteiger partial charge in [0, 0.05) is 29.0 Å². The number of benzene rings is 2. The predicted molar refractivity (Wildman–Crippen MR) is 89.4 cm³/mol. The van der Waals surface area contributed by atoms with E-state index in [2.05, 4.69) is 10.6 Å². The van der Waals surface area contributed by atoms with E-state index in [9.17, 15) is 4.57 Å². The minimum absolute atomic E-state index is 0.330. The van der Waals surface area contributed by atoms with Crippen molar-refractivity contribution in [2.24, 2.45) is 0 Å². The van der Waals surface area contributed by atoms with Gasteiger partial charge in [0.15, 0.2) is 0 Å². The Morgan fingerprint density at radius 3 is 1.55 bits per heavy atom. The van der Waals surface area contributed by atoms with E-state index in [-0.39, 0.29) is 0 Å². The third kappa shape index (κ3) is 6.68. The smallest absolute Gasteiger partial charge is 0.383 e. The van der Waals surface area contributed by atoms with Gasteiger partial charge in [0.1, 0.15) is 13.2 Å². The first-order valence-electron chi connectivity index (χ1n) is 7.15. The average Bonchev–Trinajstić information content (AvgIpc) is 2.57. The second-order valence-electron chi connectivity index (χ2n) is 4.48. The van der Waals surface area contributed by atoms with Gasteiger partial charge in [-0.1, -0.05) is 36.4 Å². The summed E-state index contributed by atoms with van der Waals surface area (Å²) in [5.74, 6) is 0. The topological polar surface area (TPSA) is 59.6 Å². The first kappa shape index (κ1) is 16.4. The number of para-hydroxylation sites is 2. The van der Waals surface area contributed by atoms with Gasteiger partial charge >= 0.3 is 8.25 Å². The molecule has 0 fully saturated rings. The molecule has 0 radical (unpaired) electrons. The molecule has 2 rings (SSSR count). The molecule has 0 aliphatic rings. The zero-order chi connectivity index (χ0) is 15.5. The maximum atomic E-state index is 11.5. The van der Waals surface area contributed by atoms with Crippen LogP contribution in [0.5, 0.6) is 0 Å². The average molecular weight is 319 g/mol. The van der Waals surface area contributed by atoms with Gasteiger partial charge < -0.3 is 10.6 Å². The van der Waals surface area contributed by atoms with E-state index >= 15 is 0 Å². The summed E-state index contributed by atoms with van der Waals surface area (Å²) in [6.07, 6.45) is 0. The first-order chi connectivity index (χ1) is 10.8. The standard InChI is InChI=1S/C16H20N2O3P/c19-22(20-13-11-17-15-7-3-1-4-8-15)21-14-12-18-16-9-5-2-6-10-16/h1-10,17-18H,11-14H2/q+1. The van der Waals surface area contributed by atoms with Gasteiger partial charge in [0.05, 0.1) is 0 Å². The van der Waals surface area contributed by atoms with Crippen molar-refractivity contribution in [3.8, 4) is 0 Å². The number of rotatable bonds is 10. The molecule has 0 heterocycles. The molecule has 0 saturated carbocycles. The third-order valence-corrected chi connectivity index (χ3v) is 3.59. The summed E-state index contributed by atoms with van der Waals surface area (Å²) in [7, 11) is -2.07. The molecule has 0 atom stereocenters. The van der Waals surface area contributed by atoms with Crippen LogP contribution in [-0.4, -0.2) is 26.3 Å². The highest BCUT2D eigenvalue weighted by atomic mass is 31.1. The van der Waals surface area contributed by atoms with Crippen molar-refractivity contribution in [2.75, 3.05) is 36.9 Å². The van der Waals surface area contributed by atoms with Gasteiger partial charge in [-0.05, 0) is 24.3 Å². The molecular weight excluding hydrogens is 299 g/mol. The van der Waals surface area contributed by atoms with Crippen LogP contribution in [0.15, 0.2) is 60.7 Å². The summed E-state index contributed by atoms with van der Waals surface area (Å²) >= 11 is 0. The van der Waals surface area contributed by atoms with E-state index in [0.29, 0.717) is 26.3 Å². The minimum atomic E-state index is -2.07. The SMILES string of the molecule is O=[P+](OCCNc1ccccc1)OCCNc1ccccc1. The fourth-order valence-corrected chi connectivity index (χ4v) is 2.34. The molecule has 22 heavy (non-hydrogen) atoms. The van der Waals surface area contributed by atoms with Gasteiger partial charge in [-0.15, -0.1) is 9.05 Å². The van der Waals surface area contributed by atoms with Gasteiger partial charge in [-0.3, -0.25) is 0 Å². The summed E-state index contributed by atoms with van der Waals surface area (Å²) < 4.78 is 21.7. The van der Waals surface area contributed by atoms with Crippen molar-refractivity contribution in [2.45, 2.75) is 0 Å². The molecule has 0 aliphatic heterocycles. The number of hydrogen-bond donors (Lipinski definition) is 2. The number of hydrogen-bond acceptors (Lipinski definition) is 5. The van der Waals surface area contributed by atoms with Crippen molar-refractivity contribution >= 4 is 19.6 Å². The summed E-state index contributed by atoms with van der Waals surface area (Å²) in [4.78, 5) is 0. The van der Waals surface area contributed by atoms with Crippen molar-refractivity contribution in [3.63, 3.8) is 0 Å². The monoisotopic (exact) mass is 319 g/mol. The van der Waals surface area contributed by atoms with Crippen molar-refractivity contribution in [1.29, 1.82) is 0 Å². The van der Waals surface area contributed by atoms with E-state index in [1.807, 2.05) is 60.7 Å². The van der Waals surface area contributed by atoms with Crippen LogP contribution in [0, 0.1) is 0 Å². The Labute approximate surface area is 131 Å². The zero-order valence-corrected chi connectivity index (χ0v) is 13.2. The molecule has 6 heteroatoms. The molecule has 2 aromatic carbocycles. The Bertz CT molecular complexity index is 502. The summed E-state index contributed by atoms with van der Waals surface area (Å²) in [5, 5.41) is 6.33. The molecule has 0 amide bonds. The largest absolute Gasteiger partial charge is 0.697 e. The van der Waals surface area contributed by atoms with Crippen molar-refractivity contribution in [1.82, 2.24) is 0 Å². The molecule has 116 valence electrons. The molecule has 2 N–H and O–H groups in total. The van der Waals surface area contributed by atoms with Crippen LogP contribution in [0.2, 0.25) is 0 Å². The number of anilines is 2. The lowest BCUT2D eigenvalue weighted by Crippen LogP contribution is -2.09. The van der Waals surface area contributed by atoms with Gasteiger partial charge in [-0.2, -0.15) is 0 Å². The Morgan fingerprint density at radius 1 is 0.727 bits per heavy atom. The second-order valence-corrected chi connectivity index (χ2v) is 5.44. The van der Waals surface area contributed by atoms with E-state index in [4.69, 9.17) is 9.05 Å². The van der Waals surface area contributed by atoms with E-state index < -0.39 is 8.25 Å². The van der Waals surface area contributed by atoms with Crippen LogP contribution in [0.3, 0.4) is 0 Å². The maximum absolute atomic E-state index is 11.5. The molecule has 0 unspecified atom stereocenters. The lowest BCUT2D eigenvalue weighted by molar-refractivity contribution is 0.238. The molecule has 2 aromatic rings.